The molecule has 166 valence electrons. The van der Waals surface area contributed by atoms with Gasteiger partial charge in [-0.05, 0) is 78.4 Å². The summed E-state index contributed by atoms with van der Waals surface area (Å²) in [6.07, 6.45) is 1.30. The van der Waals surface area contributed by atoms with Gasteiger partial charge in [0.25, 0.3) is 0 Å². The van der Waals surface area contributed by atoms with Crippen LogP contribution in [0.2, 0.25) is 0 Å². The molecular formula is C25H24FNO5. The second kappa shape index (κ2) is 7.37. The van der Waals surface area contributed by atoms with E-state index in [9.17, 15) is 19.1 Å². The van der Waals surface area contributed by atoms with Crippen molar-refractivity contribution < 1.29 is 31.4 Å². The number of hydrogen-bond acceptors (Lipinski definition) is 4. The third kappa shape index (κ3) is 3.36. The molecule has 0 spiro atoms. The van der Waals surface area contributed by atoms with Crippen molar-refractivity contribution in [1.29, 1.82) is 0 Å². The summed E-state index contributed by atoms with van der Waals surface area (Å²) >= 11 is 0. The molecule has 2 aliphatic rings. The number of carboxylic acids is 1. The van der Waals surface area contributed by atoms with Crippen LogP contribution in [0.5, 0.6) is 11.5 Å². The third-order valence-electron chi connectivity index (χ3n) is 6.09. The summed E-state index contributed by atoms with van der Waals surface area (Å²) in [7, 11) is 0. The molecule has 1 aliphatic carbocycles. The lowest BCUT2D eigenvalue weighted by atomic mass is 9.94. The number of aryl methyl sites for hydroxylation is 1. The van der Waals surface area contributed by atoms with Crippen LogP contribution in [0.15, 0.2) is 54.6 Å². The van der Waals surface area contributed by atoms with Crippen LogP contribution in [0, 0.1) is 12.7 Å². The number of ether oxygens (including phenoxy) is 2. The van der Waals surface area contributed by atoms with Crippen molar-refractivity contribution in [2.45, 2.75) is 25.2 Å². The normalized spacial score (nSPS) is 15.3. The Kier molecular flexibility index (Phi) is 4.62. The van der Waals surface area contributed by atoms with E-state index in [1.54, 1.807) is 31.2 Å². The standard InChI is InChI=1S/C25H20FNO5.2H2/c1-14-9-19(26)20(12-18(14)15-3-2-4-16(10-15)23(28)29)27-24(30)25(7-8-25)17-5-6-21-22(11-17)32-13-31-21;;/h2-6,9-12H,7-8,13H2,1H3,(H,27,30)(H,28,29);2*1H. The van der Waals surface area contributed by atoms with Gasteiger partial charge in [-0.3, -0.25) is 4.79 Å². The number of carbonyl (C=O) groups is 2. The lowest BCUT2D eigenvalue weighted by Crippen LogP contribution is -2.28. The van der Waals surface area contributed by atoms with Gasteiger partial charge in [0.2, 0.25) is 12.7 Å². The Morgan fingerprint density at radius 3 is 2.59 bits per heavy atom. The highest BCUT2D eigenvalue weighted by atomic mass is 19.1. The topological polar surface area (TPSA) is 84.9 Å². The van der Waals surface area contributed by atoms with Crippen molar-refractivity contribution in [3.8, 4) is 22.6 Å². The maximum Gasteiger partial charge on any atom is 0.335 e. The first-order chi connectivity index (χ1) is 15.4. The molecule has 1 heterocycles. The van der Waals surface area contributed by atoms with Crippen molar-refractivity contribution in [2.24, 2.45) is 0 Å². The van der Waals surface area contributed by atoms with Crippen LogP contribution in [-0.2, 0) is 10.2 Å². The third-order valence-corrected chi connectivity index (χ3v) is 6.09. The van der Waals surface area contributed by atoms with Crippen molar-refractivity contribution in [3.63, 3.8) is 0 Å². The number of anilines is 1. The SMILES string of the molecule is Cc1cc(F)c(NC(=O)C2(c3ccc4c(c3)OCO4)CC2)cc1-c1cccc(C(=O)O)c1.[HH].[HH]. The molecule has 7 heteroatoms. The molecule has 1 aliphatic heterocycles. The van der Waals surface area contributed by atoms with Gasteiger partial charge in [0, 0.05) is 2.85 Å². The largest absolute Gasteiger partial charge is 0.478 e. The highest BCUT2D eigenvalue weighted by molar-refractivity contribution is 6.02. The summed E-state index contributed by atoms with van der Waals surface area (Å²) in [6.45, 7) is 1.89. The monoisotopic (exact) mass is 437 g/mol. The number of fused-ring (bicyclic) bond motifs is 1. The zero-order valence-electron chi connectivity index (χ0n) is 17.3. The average molecular weight is 437 g/mol. The van der Waals surface area contributed by atoms with E-state index in [4.69, 9.17) is 9.47 Å². The Bertz CT molecular complexity index is 1280. The smallest absolute Gasteiger partial charge is 0.335 e. The minimum absolute atomic E-state index is 0. The molecule has 2 N–H and O–H groups in total. The highest BCUT2D eigenvalue weighted by Crippen LogP contribution is 2.51. The number of hydrogen-bond donors (Lipinski definition) is 2. The fourth-order valence-electron chi connectivity index (χ4n) is 4.11. The molecule has 1 amide bonds. The van der Waals surface area contributed by atoms with E-state index in [1.165, 1.54) is 18.2 Å². The van der Waals surface area contributed by atoms with Crippen LogP contribution in [0.4, 0.5) is 10.1 Å². The average Bonchev–Trinajstić information content (AvgIpc) is 3.46. The van der Waals surface area contributed by atoms with E-state index in [2.05, 4.69) is 5.32 Å². The van der Waals surface area contributed by atoms with Crippen molar-refractivity contribution in [1.82, 2.24) is 0 Å². The van der Waals surface area contributed by atoms with E-state index in [0.717, 1.165) is 5.56 Å². The summed E-state index contributed by atoms with van der Waals surface area (Å²) in [5.74, 6) is -0.633. The van der Waals surface area contributed by atoms with E-state index in [-0.39, 0.29) is 26.8 Å². The summed E-state index contributed by atoms with van der Waals surface area (Å²) in [5.41, 5.74) is 2.19. The Balaban J connectivity index is 0.00000162. The molecule has 0 atom stereocenters. The van der Waals surface area contributed by atoms with E-state index >= 15 is 0 Å². The molecule has 32 heavy (non-hydrogen) atoms. The van der Waals surface area contributed by atoms with Gasteiger partial charge >= 0.3 is 5.97 Å². The molecule has 5 rings (SSSR count). The zero-order valence-corrected chi connectivity index (χ0v) is 17.3. The molecule has 1 fully saturated rings. The van der Waals surface area contributed by atoms with E-state index in [0.29, 0.717) is 41.0 Å². The predicted octanol–water partition coefficient (Wildman–Crippen LogP) is 5.39. The number of nitrogens with one attached hydrogen (secondary N) is 1. The summed E-state index contributed by atoms with van der Waals surface area (Å²) in [5, 5.41) is 12.0. The number of carbonyl (C=O) groups excluding carboxylic acids is 1. The number of benzene rings is 3. The molecule has 0 unspecified atom stereocenters. The molecule has 0 bridgehead atoms. The Labute approximate surface area is 186 Å². The maximum absolute atomic E-state index is 14.8. The van der Waals surface area contributed by atoms with Crippen molar-refractivity contribution in [3.05, 3.63) is 77.1 Å². The first-order valence-electron chi connectivity index (χ1n) is 10.2. The number of halogens is 1. The molecular weight excluding hydrogens is 413 g/mol. The van der Waals surface area contributed by atoms with Gasteiger partial charge < -0.3 is 19.9 Å². The molecule has 3 aromatic carbocycles. The zero-order chi connectivity index (χ0) is 22.5. The fourth-order valence-corrected chi connectivity index (χ4v) is 4.11. The van der Waals surface area contributed by atoms with Crippen LogP contribution < -0.4 is 14.8 Å². The number of rotatable bonds is 5. The lowest BCUT2D eigenvalue weighted by Gasteiger charge is -2.18. The number of aromatic carboxylic acids is 1. The summed E-state index contributed by atoms with van der Waals surface area (Å²) < 4.78 is 25.5. The van der Waals surface area contributed by atoms with Gasteiger partial charge in [0.1, 0.15) is 5.82 Å². The molecule has 6 nitrogen and oxygen atoms in total. The van der Waals surface area contributed by atoms with Gasteiger partial charge in [0.15, 0.2) is 11.5 Å². The van der Waals surface area contributed by atoms with Crippen LogP contribution in [-0.4, -0.2) is 23.8 Å². The molecule has 0 radical (unpaired) electrons. The Hall–Kier alpha value is -3.87. The Morgan fingerprint density at radius 1 is 1.06 bits per heavy atom. The molecule has 0 saturated heterocycles. The summed E-state index contributed by atoms with van der Waals surface area (Å²) in [4.78, 5) is 24.5. The second-order valence-electron chi connectivity index (χ2n) is 8.14. The van der Waals surface area contributed by atoms with Gasteiger partial charge in [-0.1, -0.05) is 18.2 Å². The molecule has 0 aromatic heterocycles. The predicted molar refractivity (Wildman–Crippen MR) is 120 cm³/mol. The highest BCUT2D eigenvalue weighted by Gasteiger charge is 2.51. The molecule has 1 saturated carbocycles. The van der Waals surface area contributed by atoms with E-state index < -0.39 is 17.2 Å². The van der Waals surface area contributed by atoms with Crippen molar-refractivity contribution in [2.75, 3.05) is 12.1 Å². The van der Waals surface area contributed by atoms with Gasteiger partial charge in [-0.2, -0.15) is 0 Å². The minimum atomic E-state index is -1.04. The van der Waals surface area contributed by atoms with Gasteiger partial charge in [-0.25, -0.2) is 9.18 Å². The molecule has 3 aromatic rings. The van der Waals surface area contributed by atoms with Crippen molar-refractivity contribution >= 4 is 17.6 Å². The number of carboxylic acid groups (broad SMARTS) is 1. The van der Waals surface area contributed by atoms with E-state index in [1.807, 2.05) is 12.1 Å². The van der Waals surface area contributed by atoms with Crippen LogP contribution in [0.1, 0.15) is 37.2 Å². The maximum atomic E-state index is 14.8. The number of amides is 1. The first-order valence-corrected chi connectivity index (χ1v) is 10.2. The fraction of sp³-hybridized carbons (Fsp3) is 0.200. The van der Waals surface area contributed by atoms with Gasteiger partial charge in [0.05, 0.1) is 16.7 Å². The lowest BCUT2D eigenvalue weighted by molar-refractivity contribution is -0.118. The van der Waals surface area contributed by atoms with Crippen LogP contribution in [0.25, 0.3) is 11.1 Å². The second-order valence-corrected chi connectivity index (χ2v) is 8.14. The van der Waals surface area contributed by atoms with Crippen LogP contribution in [0.3, 0.4) is 0 Å². The quantitative estimate of drug-likeness (QED) is 0.559. The van der Waals surface area contributed by atoms with Crippen LogP contribution >= 0.6 is 0 Å². The first kappa shape index (κ1) is 20.1. The summed E-state index contributed by atoms with van der Waals surface area (Å²) in [6, 6.07) is 14.8. The Morgan fingerprint density at radius 2 is 1.84 bits per heavy atom. The van der Waals surface area contributed by atoms with Gasteiger partial charge in [-0.15, -0.1) is 0 Å². The minimum Gasteiger partial charge on any atom is -0.478 e.